The van der Waals surface area contributed by atoms with Crippen molar-refractivity contribution in [2.24, 2.45) is 0 Å². The summed E-state index contributed by atoms with van der Waals surface area (Å²) in [6.07, 6.45) is 4.22. The van der Waals surface area contributed by atoms with Gasteiger partial charge in [0.2, 0.25) is 0 Å². The van der Waals surface area contributed by atoms with E-state index in [2.05, 4.69) is 6.07 Å². The van der Waals surface area contributed by atoms with E-state index in [1.165, 1.54) is 11.1 Å². The fourth-order valence-electron chi connectivity index (χ4n) is 2.50. The highest BCUT2D eigenvalue weighted by atomic mass is 16.5. The van der Waals surface area contributed by atoms with Crippen LogP contribution in [-0.4, -0.2) is 20.3 Å². The molecule has 1 aromatic rings. The zero-order chi connectivity index (χ0) is 11.0. The highest BCUT2D eigenvalue weighted by Gasteiger charge is 2.24. The lowest BCUT2D eigenvalue weighted by Gasteiger charge is -2.26. The first-order valence-corrected chi connectivity index (χ1v) is 5.88. The second-order valence-electron chi connectivity index (χ2n) is 4.28. The normalized spacial score (nSPS) is 17.8. The molecule has 0 amide bonds. The van der Waals surface area contributed by atoms with Crippen molar-refractivity contribution in [3.05, 3.63) is 17.2 Å². The van der Waals surface area contributed by atoms with Crippen molar-refractivity contribution in [1.82, 2.24) is 0 Å². The van der Waals surface area contributed by atoms with Gasteiger partial charge < -0.3 is 14.2 Å². The molecule has 0 radical (unpaired) electrons. The van der Waals surface area contributed by atoms with Gasteiger partial charge in [0.1, 0.15) is 5.75 Å². The fraction of sp³-hybridized carbons (Fsp3) is 0.538. The minimum atomic E-state index is 0.795. The molecule has 0 aromatic heterocycles. The monoisotopic (exact) mass is 220 g/mol. The van der Waals surface area contributed by atoms with Gasteiger partial charge in [0, 0.05) is 11.1 Å². The Morgan fingerprint density at radius 2 is 1.94 bits per heavy atom. The first-order valence-electron chi connectivity index (χ1n) is 5.88. The average molecular weight is 220 g/mol. The van der Waals surface area contributed by atoms with Gasteiger partial charge in [-0.25, -0.2) is 0 Å². The van der Waals surface area contributed by atoms with Crippen molar-refractivity contribution in [3.8, 4) is 17.2 Å². The number of methoxy groups -OCH3 is 1. The van der Waals surface area contributed by atoms with Crippen LogP contribution in [0.4, 0.5) is 0 Å². The van der Waals surface area contributed by atoms with Crippen molar-refractivity contribution in [3.63, 3.8) is 0 Å². The third-order valence-corrected chi connectivity index (χ3v) is 3.24. The van der Waals surface area contributed by atoms with Gasteiger partial charge in [-0.2, -0.15) is 0 Å². The van der Waals surface area contributed by atoms with E-state index in [1.54, 1.807) is 7.11 Å². The Balaban J connectivity index is 2.16. The molecule has 2 aliphatic rings. The molecule has 0 saturated heterocycles. The number of hydrogen-bond acceptors (Lipinski definition) is 3. The predicted molar refractivity (Wildman–Crippen MR) is 60.6 cm³/mol. The maximum absolute atomic E-state index is 5.73. The van der Waals surface area contributed by atoms with Crippen LogP contribution >= 0.6 is 0 Å². The van der Waals surface area contributed by atoms with Gasteiger partial charge in [-0.15, -0.1) is 0 Å². The number of rotatable bonds is 1. The summed E-state index contributed by atoms with van der Waals surface area (Å²) in [7, 11) is 1.71. The lowest BCUT2D eigenvalue weighted by molar-refractivity contribution is 0.253. The third-order valence-electron chi connectivity index (χ3n) is 3.24. The second kappa shape index (κ2) is 3.89. The van der Waals surface area contributed by atoms with E-state index in [4.69, 9.17) is 14.2 Å². The van der Waals surface area contributed by atoms with E-state index in [0.717, 1.165) is 56.1 Å². The summed E-state index contributed by atoms with van der Waals surface area (Å²) in [5, 5.41) is 0. The van der Waals surface area contributed by atoms with E-state index in [9.17, 15) is 0 Å². The van der Waals surface area contributed by atoms with Crippen LogP contribution in [-0.2, 0) is 12.8 Å². The lowest BCUT2D eigenvalue weighted by Crippen LogP contribution is -2.15. The molecule has 0 bridgehead atoms. The SMILES string of the molecule is COc1c2c(cc3c1OCCC3)OCCC2. The molecule has 3 rings (SSSR count). The van der Waals surface area contributed by atoms with Gasteiger partial charge in [0.25, 0.3) is 0 Å². The summed E-state index contributed by atoms with van der Waals surface area (Å²) in [6.45, 7) is 1.61. The zero-order valence-electron chi connectivity index (χ0n) is 9.54. The number of ether oxygens (including phenoxy) is 3. The average Bonchev–Trinajstić information content (AvgIpc) is 2.36. The van der Waals surface area contributed by atoms with Gasteiger partial charge >= 0.3 is 0 Å². The fourth-order valence-corrected chi connectivity index (χ4v) is 2.50. The molecule has 3 nitrogen and oxygen atoms in total. The van der Waals surface area contributed by atoms with Crippen molar-refractivity contribution < 1.29 is 14.2 Å². The van der Waals surface area contributed by atoms with E-state index >= 15 is 0 Å². The Kier molecular flexibility index (Phi) is 2.39. The summed E-state index contributed by atoms with van der Waals surface area (Å²) < 4.78 is 16.9. The van der Waals surface area contributed by atoms with Gasteiger partial charge in [-0.3, -0.25) is 0 Å². The summed E-state index contributed by atoms with van der Waals surface area (Å²) in [6, 6.07) is 2.13. The molecular formula is C13H16O3. The van der Waals surface area contributed by atoms with Crippen LogP contribution in [0.25, 0.3) is 0 Å². The molecule has 86 valence electrons. The van der Waals surface area contributed by atoms with Crippen LogP contribution < -0.4 is 14.2 Å². The second-order valence-corrected chi connectivity index (χ2v) is 4.28. The molecule has 0 saturated carbocycles. The van der Waals surface area contributed by atoms with E-state index in [0.29, 0.717) is 0 Å². The summed E-state index contributed by atoms with van der Waals surface area (Å²) in [5.74, 6) is 2.83. The number of fused-ring (bicyclic) bond motifs is 2. The molecule has 2 aliphatic heterocycles. The first-order chi connectivity index (χ1) is 7.90. The minimum absolute atomic E-state index is 0.795. The zero-order valence-corrected chi connectivity index (χ0v) is 9.54. The molecule has 3 heteroatoms. The molecule has 1 aromatic carbocycles. The van der Waals surface area contributed by atoms with Crippen LogP contribution in [0.5, 0.6) is 17.2 Å². The summed E-state index contributed by atoms with van der Waals surface area (Å²) in [4.78, 5) is 0. The van der Waals surface area contributed by atoms with E-state index in [-0.39, 0.29) is 0 Å². The van der Waals surface area contributed by atoms with Crippen LogP contribution in [0.3, 0.4) is 0 Å². The molecule has 0 fully saturated rings. The first kappa shape index (κ1) is 9.82. The Morgan fingerprint density at radius 1 is 1.12 bits per heavy atom. The van der Waals surface area contributed by atoms with Crippen LogP contribution in [0.1, 0.15) is 24.0 Å². The van der Waals surface area contributed by atoms with Gasteiger partial charge in [0.15, 0.2) is 11.5 Å². The highest BCUT2D eigenvalue weighted by Crippen LogP contribution is 2.44. The Labute approximate surface area is 95.3 Å². The smallest absolute Gasteiger partial charge is 0.167 e. The highest BCUT2D eigenvalue weighted by molar-refractivity contribution is 5.59. The van der Waals surface area contributed by atoms with Crippen molar-refractivity contribution >= 4 is 0 Å². The quantitative estimate of drug-likeness (QED) is 0.727. The lowest BCUT2D eigenvalue weighted by atomic mass is 9.98. The van der Waals surface area contributed by atoms with Crippen molar-refractivity contribution in [1.29, 1.82) is 0 Å². The van der Waals surface area contributed by atoms with Gasteiger partial charge in [-0.05, 0) is 31.7 Å². The number of benzene rings is 1. The molecule has 0 aliphatic carbocycles. The van der Waals surface area contributed by atoms with Crippen LogP contribution in [0.2, 0.25) is 0 Å². The molecule has 0 atom stereocenters. The van der Waals surface area contributed by atoms with Crippen LogP contribution in [0, 0.1) is 0 Å². The van der Waals surface area contributed by atoms with Crippen LogP contribution in [0.15, 0.2) is 6.07 Å². The molecule has 0 unspecified atom stereocenters. The topological polar surface area (TPSA) is 27.7 Å². The maximum atomic E-state index is 5.73. The summed E-state index contributed by atoms with van der Waals surface area (Å²) in [5.41, 5.74) is 2.40. The molecule has 0 N–H and O–H groups in total. The Bertz CT molecular complexity index is 378. The van der Waals surface area contributed by atoms with Gasteiger partial charge in [0.05, 0.1) is 20.3 Å². The third kappa shape index (κ3) is 1.42. The van der Waals surface area contributed by atoms with Gasteiger partial charge in [-0.1, -0.05) is 0 Å². The number of aryl methyl sites for hydroxylation is 1. The standard InChI is InChI=1S/C13H16O3/c1-14-13-10-5-3-6-15-11(10)8-9-4-2-7-16-12(9)13/h8H,2-7H2,1H3. The number of hydrogen-bond donors (Lipinski definition) is 0. The van der Waals surface area contributed by atoms with E-state index < -0.39 is 0 Å². The minimum Gasteiger partial charge on any atom is -0.493 e. The molecular weight excluding hydrogens is 204 g/mol. The molecule has 16 heavy (non-hydrogen) atoms. The maximum Gasteiger partial charge on any atom is 0.167 e. The largest absolute Gasteiger partial charge is 0.493 e. The predicted octanol–water partition coefficient (Wildman–Crippen LogP) is 2.35. The Morgan fingerprint density at radius 3 is 2.81 bits per heavy atom. The Hall–Kier alpha value is -1.38. The van der Waals surface area contributed by atoms with E-state index in [1.807, 2.05) is 0 Å². The summed E-state index contributed by atoms with van der Waals surface area (Å²) >= 11 is 0. The molecule has 0 spiro atoms. The van der Waals surface area contributed by atoms with Crippen molar-refractivity contribution in [2.75, 3.05) is 20.3 Å². The van der Waals surface area contributed by atoms with Crippen molar-refractivity contribution in [2.45, 2.75) is 25.7 Å². The molecule has 2 heterocycles.